The predicted octanol–water partition coefficient (Wildman–Crippen LogP) is 7.81. The largest absolute Gasteiger partial charge is 0.399 e. The molecule has 0 unspecified atom stereocenters. The fraction of sp³-hybridized carbons (Fsp3) is 0.778. The van der Waals surface area contributed by atoms with Gasteiger partial charge in [-0.05, 0) is 37.1 Å². The van der Waals surface area contributed by atoms with Crippen molar-refractivity contribution in [1.82, 2.24) is 0 Å². The van der Waals surface area contributed by atoms with Gasteiger partial charge in [-0.15, -0.1) is 0 Å². The topological polar surface area (TPSA) is 52.0 Å². The molecular weight excluding hydrogens is 366 g/mol. The summed E-state index contributed by atoms with van der Waals surface area (Å²) in [6.07, 6.45) is 23.4. The third-order valence-corrected chi connectivity index (χ3v) is 5.62. The minimum atomic E-state index is 0.749. The maximum Gasteiger partial charge on any atom is 0.0780 e. The summed E-state index contributed by atoms with van der Waals surface area (Å²) in [5.41, 5.74) is 12.2. The molecule has 0 saturated heterocycles. The Morgan fingerprint density at radius 3 is 1.03 bits per heavy atom. The molecule has 0 aromatic heterocycles. The first kappa shape index (κ1) is 28.8. The number of unbranched alkanes of at least 4 members (excludes halogenated alkanes) is 15. The Morgan fingerprint density at radius 2 is 0.767 bits per heavy atom. The lowest BCUT2D eigenvalue weighted by molar-refractivity contribution is -0.870. The maximum atomic E-state index is 5.37. The fourth-order valence-electron chi connectivity index (χ4n) is 3.63. The van der Waals surface area contributed by atoms with Crippen LogP contribution in [0.2, 0.25) is 0 Å². The number of nitrogen functional groups attached to an aromatic ring is 2. The second kappa shape index (κ2) is 19.7. The number of anilines is 2. The van der Waals surface area contributed by atoms with Gasteiger partial charge in [0, 0.05) is 11.4 Å². The highest BCUT2D eigenvalue weighted by atomic mass is 15.3. The molecule has 3 nitrogen and oxygen atoms in total. The number of benzene rings is 1. The van der Waals surface area contributed by atoms with Gasteiger partial charge in [0.1, 0.15) is 0 Å². The van der Waals surface area contributed by atoms with Gasteiger partial charge >= 0.3 is 0 Å². The van der Waals surface area contributed by atoms with Crippen LogP contribution < -0.4 is 11.5 Å². The minimum absolute atomic E-state index is 0.749. The highest BCUT2D eigenvalue weighted by molar-refractivity contribution is 5.47. The second-order valence-corrected chi connectivity index (χ2v) is 9.98. The van der Waals surface area contributed by atoms with Crippen molar-refractivity contribution in [3.8, 4) is 0 Å². The molecule has 0 atom stereocenters. The molecule has 0 amide bonds. The summed E-state index contributed by atoms with van der Waals surface area (Å²) in [7, 11) is 6.89. The molecule has 0 aliphatic rings. The summed E-state index contributed by atoms with van der Waals surface area (Å²) >= 11 is 0. The van der Waals surface area contributed by atoms with Crippen molar-refractivity contribution in [2.75, 3.05) is 39.2 Å². The molecule has 0 fully saturated rings. The normalized spacial score (nSPS) is 11.2. The Morgan fingerprint density at radius 1 is 0.500 bits per heavy atom. The van der Waals surface area contributed by atoms with Crippen molar-refractivity contribution in [1.29, 1.82) is 0 Å². The van der Waals surface area contributed by atoms with Gasteiger partial charge in [-0.25, -0.2) is 0 Å². The van der Waals surface area contributed by atoms with Crippen LogP contribution in [0.1, 0.15) is 110 Å². The molecule has 0 aliphatic heterocycles. The zero-order valence-corrected chi connectivity index (χ0v) is 20.9. The van der Waals surface area contributed by atoms with Crippen LogP contribution in [0.4, 0.5) is 11.4 Å². The number of nitrogens with two attached hydrogens (primary N) is 2. The second-order valence-electron chi connectivity index (χ2n) is 9.98. The van der Waals surface area contributed by atoms with E-state index >= 15 is 0 Å². The zero-order chi connectivity index (χ0) is 22.5. The van der Waals surface area contributed by atoms with E-state index in [-0.39, 0.29) is 0 Å². The Bertz CT molecular complexity index is 441. The Labute approximate surface area is 189 Å². The molecule has 1 aromatic carbocycles. The molecule has 0 spiro atoms. The molecular formula is C27H54N3+. The van der Waals surface area contributed by atoms with E-state index in [1.807, 2.05) is 0 Å². The summed E-state index contributed by atoms with van der Waals surface area (Å²) in [4.78, 5) is 0. The first-order chi connectivity index (χ1) is 14.3. The van der Waals surface area contributed by atoms with Crippen LogP contribution >= 0.6 is 0 Å². The lowest BCUT2D eigenvalue weighted by Crippen LogP contribution is -2.35. The first-order valence-corrected chi connectivity index (χ1v) is 12.8. The summed E-state index contributed by atoms with van der Waals surface area (Å²) < 4.78 is 1.12. The van der Waals surface area contributed by atoms with E-state index in [1.54, 1.807) is 24.3 Å². The Kier molecular flexibility index (Phi) is 18.9. The maximum absolute atomic E-state index is 5.37. The van der Waals surface area contributed by atoms with Crippen molar-refractivity contribution in [2.45, 2.75) is 110 Å². The monoisotopic (exact) mass is 420 g/mol. The van der Waals surface area contributed by atoms with Gasteiger partial charge in [0.15, 0.2) is 0 Å². The SMILES string of the molecule is CCCCCCCCCCCCCCCCCC[N+](C)(C)C.Nc1ccc(N)cc1. The van der Waals surface area contributed by atoms with Crippen molar-refractivity contribution in [2.24, 2.45) is 0 Å². The van der Waals surface area contributed by atoms with E-state index in [1.165, 1.54) is 109 Å². The number of hydrogen-bond acceptors (Lipinski definition) is 2. The highest BCUT2D eigenvalue weighted by Gasteiger charge is 2.04. The molecule has 0 heterocycles. The van der Waals surface area contributed by atoms with Gasteiger partial charge in [0.05, 0.1) is 27.7 Å². The molecule has 176 valence electrons. The molecule has 0 saturated carbocycles. The Balaban J connectivity index is 0.000000867. The number of nitrogens with zero attached hydrogens (tertiary/aromatic N) is 1. The molecule has 0 radical (unpaired) electrons. The fourth-order valence-corrected chi connectivity index (χ4v) is 3.63. The average Bonchev–Trinajstić information content (AvgIpc) is 2.69. The predicted molar refractivity (Wildman–Crippen MR) is 138 cm³/mol. The van der Waals surface area contributed by atoms with Gasteiger partial charge < -0.3 is 16.0 Å². The molecule has 0 bridgehead atoms. The van der Waals surface area contributed by atoms with E-state index in [0.717, 1.165) is 15.9 Å². The molecule has 4 N–H and O–H groups in total. The average molecular weight is 421 g/mol. The quantitative estimate of drug-likeness (QED) is 0.153. The third-order valence-electron chi connectivity index (χ3n) is 5.62. The lowest BCUT2D eigenvalue weighted by Gasteiger charge is -2.23. The van der Waals surface area contributed by atoms with E-state index < -0.39 is 0 Å². The lowest BCUT2D eigenvalue weighted by atomic mass is 10.0. The molecule has 30 heavy (non-hydrogen) atoms. The van der Waals surface area contributed by atoms with E-state index in [9.17, 15) is 0 Å². The third kappa shape index (κ3) is 23.1. The molecule has 1 aromatic rings. The Hall–Kier alpha value is -1.22. The van der Waals surface area contributed by atoms with Gasteiger partial charge in [-0.1, -0.05) is 96.8 Å². The van der Waals surface area contributed by atoms with Crippen molar-refractivity contribution in [3.63, 3.8) is 0 Å². The van der Waals surface area contributed by atoms with Crippen LogP contribution in [-0.2, 0) is 0 Å². The van der Waals surface area contributed by atoms with Crippen molar-refractivity contribution in [3.05, 3.63) is 24.3 Å². The zero-order valence-electron chi connectivity index (χ0n) is 20.9. The van der Waals surface area contributed by atoms with Crippen LogP contribution in [0.5, 0.6) is 0 Å². The van der Waals surface area contributed by atoms with Crippen LogP contribution in [0.15, 0.2) is 24.3 Å². The van der Waals surface area contributed by atoms with E-state index in [4.69, 9.17) is 11.5 Å². The first-order valence-electron chi connectivity index (χ1n) is 12.8. The molecule has 1 rings (SSSR count). The van der Waals surface area contributed by atoms with Crippen LogP contribution in [0.3, 0.4) is 0 Å². The van der Waals surface area contributed by atoms with Gasteiger partial charge in [-0.2, -0.15) is 0 Å². The standard InChI is InChI=1S/C21H46N.C6H8N2/c1-5-6-7-8-9-10-11-12-13-14-15-16-17-18-19-20-21-22(2,3)4;7-5-1-2-6(8)4-3-5/h5-21H2,1-4H3;1-4H,7-8H2/q+1;. The van der Waals surface area contributed by atoms with E-state index in [0.29, 0.717) is 0 Å². The van der Waals surface area contributed by atoms with Gasteiger partial charge in [0.2, 0.25) is 0 Å². The molecule has 0 aliphatic carbocycles. The summed E-state index contributed by atoms with van der Waals surface area (Å²) in [6.45, 7) is 3.63. The molecule has 3 heteroatoms. The van der Waals surface area contributed by atoms with Gasteiger partial charge in [-0.3, -0.25) is 0 Å². The summed E-state index contributed by atoms with van der Waals surface area (Å²) in [5.74, 6) is 0. The van der Waals surface area contributed by atoms with Crippen molar-refractivity contribution < 1.29 is 4.48 Å². The minimum Gasteiger partial charge on any atom is -0.399 e. The van der Waals surface area contributed by atoms with Crippen LogP contribution in [-0.4, -0.2) is 32.2 Å². The van der Waals surface area contributed by atoms with Crippen molar-refractivity contribution >= 4 is 11.4 Å². The number of rotatable bonds is 17. The highest BCUT2D eigenvalue weighted by Crippen LogP contribution is 2.14. The van der Waals surface area contributed by atoms with Crippen LogP contribution in [0.25, 0.3) is 0 Å². The smallest absolute Gasteiger partial charge is 0.0780 e. The summed E-state index contributed by atoms with van der Waals surface area (Å²) in [6, 6.07) is 7.09. The number of quaternary nitrogens is 1. The number of hydrogen-bond donors (Lipinski definition) is 2. The van der Waals surface area contributed by atoms with E-state index in [2.05, 4.69) is 28.1 Å². The summed E-state index contributed by atoms with van der Waals surface area (Å²) in [5, 5.41) is 0. The van der Waals surface area contributed by atoms with Crippen LogP contribution in [0, 0.1) is 0 Å². The van der Waals surface area contributed by atoms with Gasteiger partial charge in [0.25, 0.3) is 0 Å².